The number of hydrogen-bond acceptors (Lipinski definition) is 7. The second-order valence-corrected chi connectivity index (χ2v) is 4.16. The first-order valence-corrected chi connectivity index (χ1v) is 6.10. The highest BCUT2D eigenvalue weighted by molar-refractivity contribution is 5.98. The monoisotopic (exact) mass is 291 g/mol. The van der Waals surface area contributed by atoms with Gasteiger partial charge < -0.3 is 11.1 Å². The number of anilines is 1. The van der Waals surface area contributed by atoms with Crippen molar-refractivity contribution in [1.29, 1.82) is 0 Å². The zero-order valence-electron chi connectivity index (χ0n) is 11.0. The molecule has 0 aliphatic heterocycles. The number of rotatable bonds is 6. The van der Waals surface area contributed by atoms with Gasteiger partial charge in [0.05, 0.1) is 16.7 Å². The minimum Gasteiger partial charge on any atom is -0.383 e. The highest BCUT2D eigenvalue weighted by Crippen LogP contribution is 2.16. The minimum absolute atomic E-state index is 0.00930. The Morgan fingerprint density at radius 3 is 3.00 bits per heavy atom. The molecule has 2 heterocycles. The molecular weight excluding hydrogens is 278 g/mol. The summed E-state index contributed by atoms with van der Waals surface area (Å²) in [7, 11) is 0. The molecule has 0 aliphatic rings. The van der Waals surface area contributed by atoms with E-state index < -0.39 is 10.8 Å². The van der Waals surface area contributed by atoms with Crippen molar-refractivity contribution >= 4 is 17.4 Å². The topological polar surface area (TPSA) is 142 Å². The van der Waals surface area contributed by atoms with Crippen LogP contribution in [0.3, 0.4) is 0 Å². The third kappa shape index (κ3) is 3.72. The fourth-order valence-electron chi connectivity index (χ4n) is 1.64. The maximum Gasteiger partial charge on any atom is 0.288 e. The van der Waals surface area contributed by atoms with Gasteiger partial charge in [-0.05, 0) is 6.42 Å². The molecule has 2 rings (SSSR count). The van der Waals surface area contributed by atoms with E-state index in [1.165, 1.54) is 0 Å². The first kappa shape index (κ1) is 14.4. The van der Waals surface area contributed by atoms with Gasteiger partial charge >= 0.3 is 0 Å². The maximum absolute atomic E-state index is 11.9. The number of nitrogens with two attached hydrogens (primary N) is 1. The predicted octanol–water partition coefficient (Wildman–Crippen LogP) is -0.0164. The van der Waals surface area contributed by atoms with Crippen molar-refractivity contribution < 1.29 is 9.72 Å². The van der Waals surface area contributed by atoms with Crippen LogP contribution in [0.15, 0.2) is 24.7 Å². The van der Waals surface area contributed by atoms with Gasteiger partial charge in [-0.15, -0.1) is 5.10 Å². The number of nitrogens with one attached hydrogen (secondary N) is 1. The van der Waals surface area contributed by atoms with Crippen LogP contribution in [0.2, 0.25) is 0 Å². The molecule has 2 aromatic rings. The molecule has 0 aliphatic carbocycles. The molecule has 0 unspecified atom stereocenters. The number of carbonyl (C=O) groups is 1. The molecule has 0 spiro atoms. The van der Waals surface area contributed by atoms with E-state index in [1.807, 2.05) is 0 Å². The van der Waals surface area contributed by atoms with Crippen LogP contribution in [-0.2, 0) is 6.54 Å². The van der Waals surface area contributed by atoms with Crippen LogP contribution in [0.1, 0.15) is 16.8 Å². The highest BCUT2D eigenvalue weighted by Gasteiger charge is 2.16. The van der Waals surface area contributed by atoms with Crippen LogP contribution >= 0.6 is 0 Å². The van der Waals surface area contributed by atoms with Gasteiger partial charge in [-0.3, -0.25) is 19.6 Å². The Morgan fingerprint density at radius 2 is 2.33 bits per heavy atom. The number of hydrogen-bond donors (Lipinski definition) is 2. The summed E-state index contributed by atoms with van der Waals surface area (Å²) >= 11 is 0. The Balaban J connectivity index is 1.90. The number of pyridine rings is 1. The highest BCUT2D eigenvalue weighted by atomic mass is 16.6. The van der Waals surface area contributed by atoms with Crippen LogP contribution in [0, 0.1) is 10.1 Å². The number of amides is 1. The van der Waals surface area contributed by atoms with Crippen LogP contribution in [0.5, 0.6) is 0 Å². The molecule has 3 N–H and O–H groups in total. The van der Waals surface area contributed by atoms with Crippen LogP contribution in [-0.4, -0.2) is 37.4 Å². The fourth-order valence-corrected chi connectivity index (χ4v) is 1.64. The fraction of sp³-hybridized carbons (Fsp3) is 0.273. The maximum atomic E-state index is 11.9. The molecule has 10 heteroatoms. The van der Waals surface area contributed by atoms with E-state index in [-0.39, 0.29) is 17.1 Å². The third-order valence-corrected chi connectivity index (χ3v) is 2.68. The van der Waals surface area contributed by atoms with Gasteiger partial charge in [0, 0.05) is 25.4 Å². The summed E-state index contributed by atoms with van der Waals surface area (Å²) in [5.41, 5.74) is 5.27. The van der Waals surface area contributed by atoms with Gasteiger partial charge in [-0.25, -0.2) is 4.98 Å². The molecule has 2 aromatic heterocycles. The van der Waals surface area contributed by atoms with Gasteiger partial charge in [0.25, 0.3) is 11.6 Å². The van der Waals surface area contributed by atoms with Crippen molar-refractivity contribution in [2.24, 2.45) is 0 Å². The van der Waals surface area contributed by atoms with Crippen LogP contribution in [0.4, 0.5) is 11.5 Å². The summed E-state index contributed by atoms with van der Waals surface area (Å²) in [6.07, 6.45) is 4.92. The quantitative estimate of drug-likeness (QED) is 0.432. The van der Waals surface area contributed by atoms with E-state index in [2.05, 4.69) is 20.6 Å². The lowest BCUT2D eigenvalue weighted by atomic mass is 10.2. The molecule has 10 nitrogen and oxygen atoms in total. The van der Waals surface area contributed by atoms with Crippen molar-refractivity contribution in [3.05, 3.63) is 40.3 Å². The molecule has 0 saturated carbocycles. The van der Waals surface area contributed by atoms with Gasteiger partial charge in [-0.1, -0.05) is 5.21 Å². The average molecular weight is 291 g/mol. The largest absolute Gasteiger partial charge is 0.383 e. The SMILES string of the molecule is Nc1ncc([N+](=O)[O-])cc1C(=O)NCCCn1ccnn1. The zero-order chi connectivity index (χ0) is 15.2. The zero-order valence-corrected chi connectivity index (χ0v) is 11.0. The summed E-state index contributed by atoms with van der Waals surface area (Å²) < 4.78 is 1.63. The molecule has 110 valence electrons. The number of nitrogen functional groups attached to an aromatic ring is 1. The number of nitro groups is 1. The van der Waals surface area contributed by atoms with Crippen molar-refractivity contribution in [3.63, 3.8) is 0 Å². The summed E-state index contributed by atoms with van der Waals surface area (Å²) in [6, 6.07) is 1.11. The second kappa shape index (κ2) is 6.41. The number of aromatic nitrogens is 4. The Labute approximate surface area is 119 Å². The first-order valence-electron chi connectivity index (χ1n) is 6.10. The summed E-state index contributed by atoms with van der Waals surface area (Å²) in [4.78, 5) is 25.6. The smallest absolute Gasteiger partial charge is 0.288 e. The lowest BCUT2D eigenvalue weighted by Crippen LogP contribution is -2.26. The van der Waals surface area contributed by atoms with Crippen molar-refractivity contribution in [2.45, 2.75) is 13.0 Å². The third-order valence-electron chi connectivity index (χ3n) is 2.68. The molecule has 0 fully saturated rings. The van der Waals surface area contributed by atoms with Gasteiger partial charge in [0.1, 0.15) is 12.0 Å². The number of carbonyl (C=O) groups excluding carboxylic acids is 1. The van der Waals surface area contributed by atoms with Crippen LogP contribution in [0.25, 0.3) is 0 Å². The van der Waals surface area contributed by atoms with E-state index in [9.17, 15) is 14.9 Å². The second-order valence-electron chi connectivity index (χ2n) is 4.16. The molecule has 1 amide bonds. The normalized spacial score (nSPS) is 10.3. The van der Waals surface area contributed by atoms with Crippen molar-refractivity contribution in [3.8, 4) is 0 Å². The minimum atomic E-state index is -0.631. The van der Waals surface area contributed by atoms with E-state index in [0.717, 1.165) is 12.3 Å². The Morgan fingerprint density at radius 1 is 1.52 bits per heavy atom. The molecule has 21 heavy (non-hydrogen) atoms. The number of aryl methyl sites for hydroxylation is 1. The molecular formula is C11H13N7O3. The molecule has 0 saturated heterocycles. The Kier molecular flexibility index (Phi) is 4.39. The summed E-state index contributed by atoms with van der Waals surface area (Å²) in [6.45, 7) is 0.976. The average Bonchev–Trinajstić information content (AvgIpc) is 2.96. The van der Waals surface area contributed by atoms with E-state index in [4.69, 9.17) is 5.73 Å². The van der Waals surface area contributed by atoms with Crippen molar-refractivity contribution in [2.75, 3.05) is 12.3 Å². The lowest BCUT2D eigenvalue weighted by molar-refractivity contribution is -0.385. The van der Waals surface area contributed by atoms with Crippen molar-refractivity contribution in [1.82, 2.24) is 25.3 Å². The number of nitrogens with zero attached hydrogens (tertiary/aromatic N) is 5. The van der Waals surface area contributed by atoms with E-state index in [1.54, 1.807) is 17.1 Å². The Hall–Kier alpha value is -3.04. The van der Waals surface area contributed by atoms with E-state index >= 15 is 0 Å². The summed E-state index contributed by atoms with van der Waals surface area (Å²) in [5.74, 6) is -0.545. The lowest BCUT2D eigenvalue weighted by Gasteiger charge is -2.06. The first-order chi connectivity index (χ1) is 10.1. The molecule has 0 aromatic carbocycles. The Bertz CT molecular complexity index is 641. The van der Waals surface area contributed by atoms with Crippen LogP contribution < -0.4 is 11.1 Å². The van der Waals surface area contributed by atoms with Gasteiger partial charge in [0.15, 0.2) is 0 Å². The predicted molar refractivity (Wildman–Crippen MR) is 72.3 cm³/mol. The molecule has 0 bridgehead atoms. The van der Waals surface area contributed by atoms with Gasteiger partial charge in [0.2, 0.25) is 0 Å². The molecule has 0 atom stereocenters. The summed E-state index contributed by atoms with van der Waals surface area (Å²) in [5, 5.41) is 20.7. The molecule has 0 radical (unpaired) electrons. The standard InChI is InChI=1S/C11H13N7O3/c12-10-9(6-8(7-14-10)18(20)21)11(19)13-2-1-4-17-5-3-15-16-17/h3,5-7H,1-2,4H2,(H2,12,14)(H,13,19). The van der Waals surface area contributed by atoms with E-state index in [0.29, 0.717) is 19.5 Å². The van der Waals surface area contributed by atoms with Gasteiger partial charge in [-0.2, -0.15) is 0 Å².